The van der Waals surface area contributed by atoms with E-state index < -0.39 is 0 Å². The summed E-state index contributed by atoms with van der Waals surface area (Å²) in [6.45, 7) is 11.2. The van der Waals surface area contributed by atoms with Gasteiger partial charge in [-0.3, -0.25) is 9.80 Å². The number of hydrogen-bond acceptors (Lipinski definition) is 3. The lowest BCUT2D eigenvalue weighted by Crippen LogP contribution is -2.42. The van der Waals surface area contributed by atoms with Gasteiger partial charge in [-0.2, -0.15) is 0 Å². The summed E-state index contributed by atoms with van der Waals surface area (Å²) in [5.74, 6) is 0.748. The average Bonchev–Trinajstić information content (AvgIpc) is 2.98. The fraction of sp³-hybridized carbons (Fsp3) is 1.00. The van der Waals surface area contributed by atoms with Crippen LogP contribution in [0.2, 0.25) is 0 Å². The van der Waals surface area contributed by atoms with Crippen molar-refractivity contribution in [1.29, 1.82) is 0 Å². The maximum Gasteiger partial charge on any atom is 0.0235 e. The first-order valence-corrected chi connectivity index (χ1v) is 7.35. The molecule has 0 saturated carbocycles. The Labute approximate surface area is 107 Å². The zero-order valence-electron chi connectivity index (χ0n) is 11.8. The Morgan fingerprint density at radius 2 is 1.88 bits per heavy atom. The summed E-state index contributed by atoms with van der Waals surface area (Å²) in [5, 5.41) is 3.30. The van der Waals surface area contributed by atoms with Crippen LogP contribution in [0, 0.1) is 5.92 Å². The molecule has 2 saturated heterocycles. The highest BCUT2D eigenvalue weighted by atomic mass is 15.3. The molecule has 17 heavy (non-hydrogen) atoms. The predicted octanol–water partition coefficient (Wildman–Crippen LogP) is 1.40. The Hall–Kier alpha value is -0.120. The molecule has 0 aromatic heterocycles. The minimum absolute atomic E-state index is 0.718. The highest BCUT2D eigenvalue weighted by molar-refractivity contribution is 4.88. The van der Waals surface area contributed by atoms with Crippen LogP contribution in [0.15, 0.2) is 0 Å². The zero-order valence-corrected chi connectivity index (χ0v) is 11.8. The molecule has 0 spiro atoms. The van der Waals surface area contributed by atoms with Gasteiger partial charge in [-0.15, -0.1) is 0 Å². The topological polar surface area (TPSA) is 18.5 Å². The minimum Gasteiger partial charge on any atom is -0.319 e. The number of nitrogens with zero attached hydrogens (tertiary/aromatic N) is 2. The van der Waals surface area contributed by atoms with Gasteiger partial charge in [0.15, 0.2) is 0 Å². The lowest BCUT2D eigenvalue weighted by molar-refractivity contribution is 0.172. The largest absolute Gasteiger partial charge is 0.319 e. The first kappa shape index (κ1) is 13.3. The lowest BCUT2D eigenvalue weighted by Gasteiger charge is -2.31. The molecule has 3 atom stereocenters. The molecular formula is C14H29N3. The summed E-state index contributed by atoms with van der Waals surface area (Å²) < 4.78 is 0. The molecule has 3 unspecified atom stereocenters. The molecule has 3 nitrogen and oxygen atoms in total. The molecule has 2 aliphatic rings. The summed E-state index contributed by atoms with van der Waals surface area (Å²) in [5.41, 5.74) is 0. The van der Waals surface area contributed by atoms with E-state index >= 15 is 0 Å². The van der Waals surface area contributed by atoms with E-state index in [4.69, 9.17) is 0 Å². The molecule has 0 aliphatic carbocycles. The predicted molar refractivity (Wildman–Crippen MR) is 73.3 cm³/mol. The molecule has 0 bridgehead atoms. The molecule has 3 heteroatoms. The Morgan fingerprint density at radius 1 is 1.18 bits per heavy atom. The molecule has 0 amide bonds. The van der Waals surface area contributed by atoms with Crippen molar-refractivity contribution in [1.82, 2.24) is 15.1 Å². The quantitative estimate of drug-likeness (QED) is 0.782. The van der Waals surface area contributed by atoms with Crippen molar-refractivity contribution >= 4 is 0 Å². The van der Waals surface area contributed by atoms with E-state index in [1.807, 2.05) is 0 Å². The van der Waals surface area contributed by atoms with Gasteiger partial charge in [0.05, 0.1) is 0 Å². The van der Waals surface area contributed by atoms with Crippen molar-refractivity contribution in [2.45, 2.75) is 45.2 Å². The first-order chi connectivity index (χ1) is 8.22. The van der Waals surface area contributed by atoms with E-state index in [1.54, 1.807) is 0 Å². The fourth-order valence-corrected chi connectivity index (χ4v) is 3.40. The van der Waals surface area contributed by atoms with Crippen molar-refractivity contribution in [3.63, 3.8) is 0 Å². The SMILES string of the molecule is CNCC(C)C(C)N1CCC(N2CCCC2)C1. The van der Waals surface area contributed by atoms with Crippen LogP contribution in [-0.4, -0.2) is 61.7 Å². The van der Waals surface area contributed by atoms with Crippen LogP contribution in [-0.2, 0) is 0 Å². The van der Waals surface area contributed by atoms with Gasteiger partial charge in [0.25, 0.3) is 0 Å². The molecule has 2 rings (SSSR count). The van der Waals surface area contributed by atoms with E-state index in [1.165, 1.54) is 45.4 Å². The summed E-state index contributed by atoms with van der Waals surface area (Å²) in [6, 6.07) is 1.57. The van der Waals surface area contributed by atoms with Gasteiger partial charge in [0.1, 0.15) is 0 Å². The second kappa shape index (κ2) is 6.17. The third-order valence-corrected chi connectivity index (χ3v) is 4.78. The molecule has 2 heterocycles. The number of rotatable bonds is 5. The van der Waals surface area contributed by atoms with E-state index in [0.29, 0.717) is 0 Å². The second-order valence-corrected chi connectivity index (χ2v) is 5.96. The highest BCUT2D eigenvalue weighted by Crippen LogP contribution is 2.23. The summed E-state index contributed by atoms with van der Waals surface area (Å²) in [4.78, 5) is 5.42. The van der Waals surface area contributed by atoms with Crippen LogP contribution >= 0.6 is 0 Å². The monoisotopic (exact) mass is 239 g/mol. The van der Waals surface area contributed by atoms with Crippen molar-refractivity contribution in [2.75, 3.05) is 39.8 Å². The molecule has 0 radical (unpaired) electrons. The van der Waals surface area contributed by atoms with Gasteiger partial charge in [0, 0.05) is 25.2 Å². The van der Waals surface area contributed by atoms with Gasteiger partial charge in [0.2, 0.25) is 0 Å². The molecule has 0 aromatic rings. The van der Waals surface area contributed by atoms with E-state index in [9.17, 15) is 0 Å². The number of nitrogens with one attached hydrogen (secondary N) is 1. The van der Waals surface area contributed by atoms with Crippen molar-refractivity contribution in [2.24, 2.45) is 5.92 Å². The maximum atomic E-state index is 3.30. The van der Waals surface area contributed by atoms with Gasteiger partial charge in [-0.25, -0.2) is 0 Å². The van der Waals surface area contributed by atoms with E-state index in [2.05, 4.69) is 36.0 Å². The maximum absolute atomic E-state index is 3.30. The van der Waals surface area contributed by atoms with Gasteiger partial charge in [-0.05, 0) is 58.8 Å². The first-order valence-electron chi connectivity index (χ1n) is 7.35. The van der Waals surface area contributed by atoms with Crippen molar-refractivity contribution in [3.8, 4) is 0 Å². The lowest BCUT2D eigenvalue weighted by atomic mass is 10.0. The second-order valence-electron chi connectivity index (χ2n) is 5.96. The van der Waals surface area contributed by atoms with Crippen LogP contribution in [0.25, 0.3) is 0 Å². The summed E-state index contributed by atoms with van der Waals surface area (Å²) >= 11 is 0. The van der Waals surface area contributed by atoms with Crippen LogP contribution in [0.5, 0.6) is 0 Å². The molecular weight excluding hydrogens is 210 g/mol. The molecule has 100 valence electrons. The third kappa shape index (κ3) is 3.21. The van der Waals surface area contributed by atoms with Crippen LogP contribution in [0.1, 0.15) is 33.1 Å². The van der Waals surface area contributed by atoms with Gasteiger partial charge in [-0.1, -0.05) is 6.92 Å². The number of likely N-dealkylation sites (tertiary alicyclic amines) is 2. The fourth-order valence-electron chi connectivity index (χ4n) is 3.40. The highest BCUT2D eigenvalue weighted by Gasteiger charge is 2.32. The van der Waals surface area contributed by atoms with Crippen molar-refractivity contribution in [3.05, 3.63) is 0 Å². The molecule has 0 aromatic carbocycles. The van der Waals surface area contributed by atoms with Crippen molar-refractivity contribution < 1.29 is 0 Å². The van der Waals surface area contributed by atoms with Gasteiger partial charge < -0.3 is 5.32 Å². The Bertz CT molecular complexity index is 226. The Balaban J connectivity index is 1.80. The molecule has 2 fully saturated rings. The zero-order chi connectivity index (χ0) is 12.3. The Morgan fingerprint density at radius 3 is 2.53 bits per heavy atom. The normalized spacial score (nSPS) is 30.9. The minimum atomic E-state index is 0.718. The summed E-state index contributed by atoms with van der Waals surface area (Å²) in [6.07, 6.45) is 4.22. The summed E-state index contributed by atoms with van der Waals surface area (Å²) in [7, 11) is 2.06. The standard InChI is InChI=1S/C14H29N3/c1-12(10-15-3)13(2)17-9-6-14(11-17)16-7-4-5-8-16/h12-15H,4-11H2,1-3H3. The van der Waals surface area contributed by atoms with Crippen LogP contribution < -0.4 is 5.32 Å². The third-order valence-electron chi connectivity index (χ3n) is 4.78. The van der Waals surface area contributed by atoms with E-state index in [0.717, 1.165) is 24.5 Å². The van der Waals surface area contributed by atoms with E-state index in [-0.39, 0.29) is 0 Å². The smallest absolute Gasteiger partial charge is 0.0235 e. The number of hydrogen-bond donors (Lipinski definition) is 1. The van der Waals surface area contributed by atoms with Crippen LogP contribution in [0.4, 0.5) is 0 Å². The Kier molecular flexibility index (Phi) is 4.83. The molecule has 1 N–H and O–H groups in total. The van der Waals surface area contributed by atoms with Gasteiger partial charge >= 0.3 is 0 Å². The average molecular weight is 239 g/mol. The van der Waals surface area contributed by atoms with Crippen LogP contribution in [0.3, 0.4) is 0 Å². The molecule has 2 aliphatic heterocycles.